The van der Waals surface area contributed by atoms with E-state index in [0.717, 1.165) is 12.8 Å². The number of nitrogens with two attached hydrogens (primary N) is 1. The molecule has 0 atom stereocenters. The maximum absolute atomic E-state index is 12.7. The Morgan fingerprint density at radius 2 is 1.94 bits per heavy atom. The van der Waals surface area contributed by atoms with Crippen molar-refractivity contribution in [1.82, 2.24) is 5.32 Å². The Hall–Kier alpha value is -0.750. The second-order valence-corrected chi connectivity index (χ2v) is 4.34. The highest BCUT2D eigenvalue weighted by molar-refractivity contribution is 5.78. The lowest BCUT2D eigenvalue weighted by molar-refractivity contribution is -0.128. The number of aliphatic hydroxyl groups excluding tert-OH is 1. The standard InChI is InChI=1S/C10H18F2N2O2/c11-10(12,6-15)5-14-9(16)7-1-3-8(13)4-2-7/h7-8,15H,1-6,13H2,(H,14,16). The van der Waals surface area contributed by atoms with Gasteiger partial charge in [0.25, 0.3) is 5.92 Å². The van der Waals surface area contributed by atoms with Crippen molar-refractivity contribution in [3.05, 3.63) is 0 Å². The number of halogens is 2. The van der Waals surface area contributed by atoms with Gasteiger partial charge >= 0.3 is 0 Å². The lowest BCUT2D eigenvalue weighted by Crippen LogP contribution is -2.43. The van der Waals surface area contributed by atoms with Crippen LogP contribution in [0, 0.1) is 5.92 Å². The Morgan fingerprint density at radius 1 is 1.38 bits per heavy atom. The van der Waals surface area contributed by atoms with Crippen LogP contribution in [0.3, 0.4) is 0 Å². The maximum atomic E-state index is 12.7. The number of alkyl halides is 2. The lowest BCUT2D eigenvalue weighted by Gasteiger charge is -2.25. The summed E-state index contributed by atoms with van der Waals surface area (Å²) in [5, 5.41) is 10.5. The molecule has 1 saturated carbocycles. The molecule has 1 aliphatic carbocycles. The van der Waals surface area contributed by atoms with Gasteiger partial charge in [-0.2, -0.15) is 0 Å². The van der Waals surface area contributed by atoms with Gasteiger partial charge in [0.15, 0.2) is 0 Å². The van der Waals surface area contributed by atoms with E-state index in [9.17, 15) is 13.6 Å². The van der Waals surface area contributed by atoms with Gasteiger partial charge in [0.2, 0.25) is 5.91 Å². The predicted octanol–water partition coefficient (Wildman–Crippen LogP) is 0.248. The zero-order valence-electron chi connectivity index (χ0n) is 9.09. The van der Waals surface area contributed by atoms with E-state index in [-0.39, 0.29) is 17.9 Å². The fourth-order valence-corrected chi connectivity index (χ4v) is 1.80. The molecule has 1 fully saturated rings. The number of nitrogens with one attached hydrogen (secondary N) is 1. The average Bonchev–Trinajstić information content (AvgIpc) is 2.27. The lowest BCUT2D eigenvalue weighted by atomic mass is 9.86. The van der Waals surface area contributed by atoms with Crippen molar-refractivity contribution in [3.8, 4) is 0 Å². The number of carbonyl (C=O) groups is 1. The average molecular weight is 236 g/mol. The van der Waals surface area contributed by atoms with Crippen molar-refractivity contribution in [2.24, 2.45) is 11.7 Å². The maximum Gasteiger partial charge on any atom is 0.287 e. The first-order valence-electron chi connectivity index (χ1n) is 5.46. The molecule has 0 radical (unpaired) electrons. The summed E-state index contributed by atoms with van der Waals surface area (Å²) in [6.45, 7) is -2.05. The van der Waals surface area contributed by atoms with Gasteiger partial charge < -0.3 is 16.2 Å². The number of carbonyl (C=O) groups excluding carboxylic acids is 1. The van der Waals surface area contributed by atoms with Crippen LogP contribution in [-0.4, -0.2) is 36.1 Å². The Balaban J connectivity index is 2.30. The van der Waals surface area contributed by atoms with Gasteiger partial charge in [-0.05, 0) is 25.7 Å². The van der Waals surface area contributed by atoms with E-state index in [0.29, 0.717) is 12.8 Å². The summed E-state index contributed by atoms with van der Waals surface area (Å²) < 4.78 is 25.3. The van der Waals surface area contributed by atoms with Crippen LogP contribution in [0.1, 0.15) is 25.7 Å². The minimum Gasteiger partial charge on any atom is -0.390 e. The molecule has 4 nitrogen and oxygen atoms in total. The monoisotopic (exact) mass is 236 g/mol. The van der Waals surface area contributed by atoms with Crippen LogP contribution in [0.4, 0.5) is 8.78 Å². The summed E-state index contributed by atoms with van der Waals surface area (Å²) >= 11 is 0. The predicted molar refractivity (Wildman–Crippen MR) is 55.0 cm³/mol. The fraction of sp³-hybridized carbons (Fsp3) is 0.900. The molecule has 6 heteroatoms. The van der Waals surface area contributed by atoms with Crippen LogP contribution >= 0.6 is 0 Å². The molecule has 4 N–H and O–H groups in total. The van der Waals surface area contributed by atoms with E-state index in [1.807, 2.05) is 0 Å². The highest BCUT2D eigenvalue weighted by Crippen LogP contribution is 2.23. The second-order valence-electron chi connectivity index (χ2n) is 4.34. The molecule has 1 aliphatic rings. The minimum atomic E-state index is -3.24. The van der Waals surface area contributed by atoms with E-state index >= 15 is 0 Å². The molecule has 16 heavy (non-hydrogen) atoms. The first-order valence-corrected chi connectivity index (χ1v) is 5.46. The molecule has 0 aromatic carbocycles. The molecule has 0 aromatic heterocycles. The molecule has 1 amide bonds. The summed E-state index contributed by atoms with van der Waals surface area (Å²) in [7, 11) is 0. The molecule has 0 spiro atoms. The third-order valence-corrected chi connectivity index (χ3v) is 2.90. The van der Waals surface area contributed by atoms with Crippen molar-refractivity contribution in [2.75, 3.05) is 13.2 Å². The van der Waals surface area contributed by atoms with E-state index in [4.69, 9.17) is 10.8 Å². The molecule has 0 aromatic rings. The van der Waals surface area contributed by atoms with Crippen LogP contribution < -0.4 is 11.1 Å². The van der Waals surface area contributed by atoms with Gasteiger partial charge in [-0.25, -0.2) is 8.78 Å². The molecule has 0 saturated heterocycles. The largest absolute Gasteiger partial charge is 0.390 e. The summed E-state index contributed by atoms with van der Waals surface area (Å²) in [6, 6.07) is 0.128. The van der Waals surface area contributed by atoms with E-state index in [1.165, 1.54) is 0 Å². The molecule has 0 bridgehead atoms. The van der Waals surface area contributed by atoms with Crippen LogP contribution in [0.5, 0.6) is 0 Å². The Labute approximate surface area is 93.2 Å². The van der Waals surface area contributed by atoms with Crippen LogP contribution in [0.2, 0.25) is 0 Å². The third-order valence-electron chi connectivity index (χ3n) is 2.90. The van der Waals surface area contributed by atoms with Gasteiger partial charge in [0, 0.05) is 12.0 Å². The Morgan fingerprint density at radius 3 is 2.44 bits per heavy atom. The molecule has 0 aliphatic heterocycles. The second kappa shape index (κ2) is 5.54. The smallest absolute Gasteiger partial charge is 0.287 e. The van der Waals surface area contributed by atoms with Crippen LogP contribution in [0.25, 0.3) is 0 Å². The SMILES string of the molecule is NC1CCC(C(=O)NCC(F)(F)CO)CC1. The Kier molecular flexibility index (Phi) is 4.61. The summed E-state index contributed by atoms with van der Waals surface area (Å²) in [6.07, 6.45) is 2.82. The quantitative estimate of drug-likeness (QED) is 0.655. The highest BCUT2D eigenvalue weighted by atomic mass is 19.3. The normalized spacial score (nSPS) is 26.5. The molecule has 0 unspecified atom stereocenters. The summed E-state index contributed by atoms with van der Waals surface area (Å²) in [5.41, 5.74) is 5.68. The molecule has 1 rings (SSSR count). The third kappa shape index (κ3) is 4.02. The molecule has 94 valence electrons. The van der Waals surface area contributed by atoms with E-state index < -0.39 is 19.1 Å². The number of aliphatic hydroxyl groups is 1. The van der Waals surface area contributed by atoms with Crippen molar-refractivity contribution in [3.63, 3.8) is 0 Å². The Bertz CT molecular complexity index is 241. The molecule has 0 heterocycles. The van der Waals surface area contributed by atoms with Gasteiger partial charge in [-0.1, -0.05) is 0 Å². The molecular weight excluding hydrogens is 218 g/mol. The highest BCUT2D eigenvalue weighted by Gasteiger charge is 2.30. The van der Waals surface area contributed by atoms with Gasteiger partial charge in [0.05, 0.1) is 6.54 Å². The van der Waals surface area contributed by atoms with Crippen molar-refractivity contribution in [2.45, 2.75) is 37.6 Å². The topological polar surface area (TPSA) is 75.4 Å². The van der Waals surface area contributed by atoms with Crippen molar-refractivity contribution >= 4 is 5.91 Å². The van der Waals surface area contributed by atoms with Crippen LogP contribution in [0.15, 0.2) is 0 Å². The summed E-state index contributed by atoms with van der Waals surface area (Å²) in [4.78, 5) is 11.5. The van der Waals surface area contributed by atoms with Gasteiger partial charge in [-0.15, -0.1) is 0 Å². The van der Waals surface area contributed by atoms with Crippen LogP contribution in [-0.2, 0) is 4.79 Å². The summed E-state index contributed by atoms with van der Waals surface area (Å²) in [5.74, 6) is -3.81. The van der Waals surface area contributed by atoms with Crippen molar-refractivity contribution < 1.29 is 18.7 Å². The van der Waals surface area contributed by atoms with E-state index in [2.05, 4.69) is 5.32 Å². The first-order chi connectivity index (χ1) is 7.44. The zero-order valence-corrected chi connectivity index (χ0v) is 9.09. The van der Waals surface area contributed by atoms with E-state index in [1.54, 1.807) is 0 Å². The van der Waals surface area contributed by atoms with Gasteiger partial charge in [-0.3, -0.25) is 4.79 Å². The van der Waals surface area contributed by atoms with Gasteiger partial charge in [0.1, 0.15) is 6.61 Å². The minimum absolute atomic E-state index is 0.128. The first kappa shape index (κ1) is 13.3. The molecular formula is C10H18F2N2O2. The van der Waals surface area contributed by atoms with Crippen molar-refractivity contribution in [1.29, 1.82) is 0 Å². The zero-order chi connectivity index (χ0) is 12.2. The number of amides is 1. The number of rotatable bonds is 4. The number of hydrogen-bond acceptors (Lipinski definition) is 3. The number of hydrogen-bond donors (Lipinski definition) is 3. The fourth-order valence-electron chi connectivity index (χ4n) is 1.80.